The van der Waals surface area contributed by atoms with Gasteiger partial charge in [0.25, 0.3) is 0 Å². The third kappa shape index (κ3) is 2.66. The molecule has 0 spiro atoms. The van der Waals surface area contributed by atoms with Gasteiger partial charge >= 0.3 is 0 Å². The molecule has 0 amide bonds. The number of nitrogens with two attached hydrogens (primary N) is 1. The molecule has 1 heterocycles. The molecule has 0 radical (unpaired) electrons. The molecule has 0 saturated carbocycles. The maximum Gasteiger partial charge on any atom is 0.0487 e. The van der Waals surface area contributed by atoms with E-state index in [-0.39, 0.29) is 0 Å². The molecular formula is C15H22N2S. The maximum absolute atomic E-state index is 5.92. The van der Waals surface area contributed by atoms with Gasteiger partial charge in [0.2, 0.25) is 0 Å². The Labute approximate surface area is 114 Å². The van der Waals surface area contributed by atoms with Gasteiger partial charge in [-0.15, -0.1) is 0 Å². The van der Waals surface area contributed by atoms with E-state index in [0.29, 0.717) is 11.3 Å². The summed E-state index contributed by atoms with van der Waals surface area (Å²) >= 11 is 1.98. The molecule has 0 aliphatic carbocycles. The van der Waals surface area contributed by atoms with Gasteiger partial charge in [0.15, 0.2) is 0 Å². The molecule has 2 rings (SSSR count). The Kier molecular flexibility index (Phi) is 3.91. The van der Waals surface area contributed by atoms with Crippen LogP contribution in [0.2, 0.25) is 0 Å². The monoisotopic (exact) mass is 262 g/mol. The topological polar surface area (TPSA) is 30.9 Å². The Morgan fingerprint density at radius 3 is 2.56 bits per heavy atom. The molecule has 2 aromatic rings. The van der Waals surface area contributed by atoms with E-state index in [1.165, 1.54) is 16.5 Å². The quantitative estimate of drug-likeness (QED) is 0.825. The fraction of sp³-hybridized carbons (Fsp3) is 0.467. The van der Waals surface area contributed by atoms with Crippen LogP contribution in [0.5, 0.6) is 0 Å². The number of nitrogens with zero attached hydrogens (tertiary/aromatic N) is 1. The van der Waals surface area contributed by atoms with Crippen molar-refractivity contribution >= 4 is 28.4 Å². The Balaban J connectivity index is 2.48. The molecule has 0 unspecified atom stereocenters. The van der Waals surface area contributed by atoms with Crippen LogP contribution in [0, 0.1) is 0 Å². The molecule has 0 atom stereocenters. The molecule has 1 aromatic carbocycles. The first-order valence-corrected chi connectivity index (χ1v) is 7.54. The number of anilines is 1. The van der Waals surface area contributed by atoms with Crippen LogP contribution < -0.4 is 5.73 Å². The highest BCUT2D eigenvalue weighted by Crippen LogP contribution is 2.30. The lowest BCUT2D eigenvalue weighted by Gasteiger charge is -2.08. The van der Waals surface area contributed by atoms with Crippen LogP contribution in [-0.4, -0.2) is 9.82 Å². The minimum Gasteiger partial charge on any atom is -0.399 e. The van der Waals surface area contributed by atoms with Crippen molar-refractivity contribution in [2.75, 3.05) is 5.73 Å². The molecule has 3 heteroatoms. The maximum atomic E-state index is 5.92. The lowest BCUT2D eigenvalue weighted by molar-refractivity contribution is 0.622. The van der Waals surface area contributed by atoms with Crippen LogP contribution in [0.3, 0.4) is 0 Å². The SMILES string of the molecule is CC(C)SCc1cn(C(C)C)c2ccc(N)cc12. The van der Waals surface area contributed by atoms with Crippen LogP contribution in [0.15, 0.2) is 24.4 Å². The standard InChI is InChI=1S/C15H22N2S/c1-10(2)17-8-12(9-18-11(3)4)14-7-13(16)5-6-15(14)17/h5-8,10-11H,9,16H2,1-4H3. The van der Waals surface area contributed by atoms with Crippen molar-refractivity contribution in [1.82, 2.24) is 4.57 Å². The predicted octanol–water partition coefficient (Wildman–Crippen LogP) is 4.45. The Bertz CT molecular complexity index is 541. The minimum absolute atomic E-state index is 0.480. The summed E-state index contributed by atoms with van der Waals surface area (Å²) in [4.78, 5) is 0. The Hall–Kier alpha value is -1.09. The zero-order valence-corrected chi connectivity index (χ0v) is 12.4. The number of fused-ring (bicyclic) bond motifs is 1. The summed E-state index contributed by atoms with van der Waals surface area (Å²) < 4.78 is 2.34. The summed E-state index contributed by atoms with van der Waals surface area (Å²) in [5.41, 5.74) is 9.45. The third-order valence-electron chi connectivity index (χ3n) is 3.07. The van der Waals surface area contributed by atoms with Crippen molar-refractivity contribution in [2.45, 2.75) is 44.7 Å². The average Bonchev–Trinajstić information content (AvgIpc) is 2.64. The minimum atomic E-state index is 0.480. The molecule has 1 aromatic heterocycles. The van der Waals surface area contributed by atoms with Gasteiger partial charge in [-0.3, -0.25) is 0 Å². The highest BCUT2D eigenvalue weighted by atomic mass is 32.2. The average molecular weight is 262 g/mol. The number of hydrogen-bond acceptors (Lipinski definition) is 2. The first-order chi connectivity index (χ1) is 8.49. The van der Waals surface area contributed by atoms with E-state index < -0.39 is 0 Å². The highest BCUT2D eigenvalue weighted by molar-refractivity contribution is 7.99. The molecule has 0 bridgehead atoms. The summed E-state index contributed by atoms with van der Waals surface area (Å²) in [7, 11) is 0. The number of thioether (sulfide) groups is 1. The van der Waals surface area contributed by atoms with E-state index in [0.717, 1.165) is 11.4 Å². The summed E-state index contributed by atoms with van der Waals surface area (Å²) in [6, 6.07) is 6.70. The van der Waals surface area contributed by atoms with Gasteiger partial charge in [-0.25, -0.2) is 0 Å². The van der Waals surface area contributed by atoms with Crippen molar-refractivity contribution < 1.29 is 0 Å². The van der Waals surface area contributed by atoms with Crippen molar-refractivity contribution in [3.63, 3.8) is 0 Å². The van der Waals surface area contributed by atoms with E-state index in [1.807, 2.05) is 17.8 Å². The number of hydrogen-bond donors (Lipinski definition) is 1. The Morgan fingerprint density at radius 2 is 1.94 bits per heavy atom. The second-order valence-corrected chi connectivity index (χ2v) is 6.86. The molecule has 18 heavy (non-hydrogen) atoms. The zero-order valence-electron chi connectivity index (χ0n) is 11.6. The predicted molar refractivity (Wildman–Crippen MR) is 83.2 cm³/mol. The summed E-state index contributed by atoms with van der Waals surface area (Å²) in [6.07, 6.45) is 2.28. The van der Waals surface area contributed by atoms with Crippen LogP contribution in [-0.2, 0) is 5.75 Å². The van der Waals surface area contributed by atoms with Gasteiger partial charge in [0.05, 0.1) is 0 Å². The van der Waals surface area contributed by atoms with E-state index in [4.69, 9.17) is 5.73 Å². The lowest BCUT2D eigenvalue weighted by Crippen LogP contribution is -1.98. The van der Waals surface area contributed by atoms with Crippen molar-refractivity contribution in [3.8, 4) is 0 Å². The number of rotatable bonds is 4. The van der Waals surface area contributed by atoms with Gasteiger partial charge in [-0.2, -0.15) is 11.8 Å². The molecule has 2 nitrogen and oxygen atoms in total. The number of nitrogen functional groups attached to an aromatic ring is 1. The third-order valence-corrected chi connectivity index (χ3v) is 4.21. The summed E-state index contributed by atoms with van der Waals surface area (Å²) in [5.74, 6) is 1.05. The zero-order chi connectivity index (χ0) is 13.3. The molecular weight excluding hydrogens is 240 g/mol. The molecule has 2 N–H and O–H groups in total. The van der Waals surface area contributed by atoms with E-state index in [9.17, 15) is 0 Å². The molecule has 0 aliphatic heterocycles. The van der Waals surface area contributed by atoms with E-state index in [2.05, 4.69) is 50.6 Å². The molecule has 0 aliphatic rings. The van der Waals surface area contributed by atoms with Gasteiger partial charge < -0.3 is 10.3 Å². The second kappa shape index (κ2) is 5.27. The summed E-state index contributed by atoms with van der Waals surface area (Å²) in [6.45, 7) is 8.91. The van der Waals surface area contributed by atoms with Crippen LogP contribution in [0.4, 0.5) is 5.69 Å². The van der Waals surface area contributed by atoms with Gasteiger partial charge in [0, 0.05) is 34.6 Å². The van der Waals surface area contributed by atoms with Crippen LogP contribution >= 0.6 is 11.8 Å². The molecule has 0 fully saturated rings. The fourth-order valence-electron chi connectivity index (χ4n) is 2.14. The molecule has 98 valence electrons. The van der Waals surface area contributed by atoms with Gasteiger partial charge in [0.1, 0.15) is 0 Å². The smallest absolute Gasteiger partial charge is 0.0487 e. The number of aromatic nitrogens is 1. The van der Waals surface area contributed by atoms with Crippen LogP contribution in [0.1, 0.15) is 39.3 Å². The Morgan fingerprint density at radius 1 is 1.22 bits per heavy atom. The van der Waals surface area contributed by atoms with Gasteiger partial charge in [-0.1, -0.05) is 13.8 Å². The van der Waals surface area contributed by atoms with E-state index >= 15 is 0 Å². The van der Waals surface area contributed by atoms with Gasteiger partial charge in [-0.05, 0) is 42.9 Å². The second-order valence-electron chi connectivity index (χ2n) is 5.29. The lowest BCUT2D eigenvalue weighted by atomic mass is 10.2. The van der Waals surface area contributed by atoms with E-state index in [1.54, 1.807) is 0 Å². The normalized spacial score (nSPS) is 11.9. The first-order valence-electron chi connectivity index (χ1n) is 6.49. The van der Waals surface area contributed by atoms with Crippen molar-refractivity contribution in [2.24, 2.45) is 0 Å². The highest BCUT2D eigenvalue weighted by Gasteiger charge is 2.11. The van der Waals surface area contributed by atoms with Crippen molar-refractivity contribution in [1.29, 1.82) is 0 Å². The van der Waals surface area contributed by atoms with Crippen molar-refractivity contribution in [3.05, 3.63) is 30.0 Å². The molecule has 0 saturated heterocycles. The largest absolute Gasteiger partial charge is 0.399 e. The van der Waals surface area contributed by atoms with Crippen LogP contribution in [0.25, 0.3) is 10.9 Å². The fourth-order valence-corrected chi connectivity index (χ4v) is 2.88. The number of benzene rings is 1. The summed E-state index contributed by atoms with van der Waals surface area (Å²) in [5, 5.41) is 1.96. The first kappa shape index (κ1) is 13.3.